The summed E-state index contributed by atoms with van der Waals surface area (Å²) in [5, 5.41) is 26.8. The van der Waals surface area contributed by atoms with Gasteiger partial charge in [-0.25, -0.2) is 14.4 Å². The lowest BCUT2D eigenvalue weighted by atomic mass is 9.98. The molecule has 0 bridgehead atoms. The summed E-state index contributed by atoms with van der Waals surface area (Å²) in [6.07, 6.45) is 0. The largest absolute Gasteiger partial charge is 0.478 e. The summed E-state index contributed by atoms with van der Waals surface area (Å²) >= 11 is 0. The van der Waals surface area contributed by atoms with Crippen LogP contribution in [0.4, 0.5) is 0 Å². The first kappa shape index (κ1) is 20.9. The fraction of sp³-hybridized carbons (Fsp3) is 0.211. The molecule has 0 aromatic heterocycles. The van der Waals surface area contributed by atoms with E-state index in [1.54, 1.807) is 0 Å². The second kappa shape index (κ2) is 9.95. The summed E-state index contributed by atoms with van der Waals surface area (Å²) in [4.78, 5) is 32.8. The van der Waals surface area contributed by atoms with E-state index in [1.165, 1.54) is 42.5 Å². The molecule has 0 spiro atoms. The third kappa shape index (κ3) is 5.71. The zero-order valence-corrected chi connectivity index (χ0v) is 14.4. The third-order valence-corrected chi connectivity index (χ3v) is 3.35. The SMILES string of the molecule is CCOCC.O=C(O)c1ccc(-c2ccc(C(=O)O)c(C(=O)O)c2)cc1. The molecule has 0 saturated heterocycles. The molecular formula is C19H20O7. The first-order valence-corrected chi connectivity index (χ1v) is 7.83. The highest BCUT2D eigenvalue weighted by molar-refractivity contribution is 6.02. The van der Waals surface area contributed by atoms with Crippen LogP contribution in [0.25, 0.3) is 11.1 Å². The van der Waals surface area contributed by atoms with E-state index in [-0.39, 0.29) is 16.7 Å². The number of hydrogen-bond donors (Lipinski definition) is 3. The zero-order valence-electron chi connectivity index (χ0n) is 14.4. The maximum Gasteiger partial charge on any atom is 0.336 e. The third-order valence-electron chi connectivity index (χ3n) is 3.35. The van der Waals surface area contributed by atoms with E-state index >= 15 is 0 Å². The van der Waals surface area contributed by atoms with Crippen LogP contribution in [-0.2, 0) is 4.74 Å². The van der Waals surface area contributed by atoms with Crippen molar-refractivity contribution >= 4 is 17.9 Å². The van der Waals surface area contributed by atoms with E-state index in [1.807, 2.05) is 13.8 Å². The van der Waals surface area contributed by atoms with E-state index in [0.29, 0.717) is 11.1 Å². The lowest BCUT2D eigenvalue weighted by Crippen LogP contribution is -2.08. The number of ether oxygens (including phenoxy) is 1. The standard InChI is InChI=1S/C15H10O6.C4H10O/c16-13(17)9-3-1-8(2-4-9)10-5-6-11(14(18)19)12(7-10)15(20)21;1-3-5-4-2/h1-7H,(H,16,17)(H,18,19)(H,20,21);3-4H2,1-2H3. The van der Waals surface area contributed by atoms with Gasteiger partial charge in [0.2, 0.25) is 0 Å². The molecule has 0 fully saturated rings. The molecule has 0 unspecified atom stereocenters. The fourth-order valence-corrected chi connectivity index (χ4v) is 2.10. The molecule has 2 aromatic rings. The van der Waals surface area contributed by atoms with Crippen molar-refractivity contribution in [3.05, 3.63) is 59.2 Å². The smallest absolute Gasteiger partial charge is 0.336 e. The predicted molar refractivity (Wildman–Crippen MR) is 94.9 cm³/mol. The van der Waals surface area contributed by atoms with Gasteiger partial charge in [0.05, 0.1) is 16.7 Å². The molecule has 3 N–H and O–H groups in total. The minimum absolute atomic E-state index is 0.111. The van der Waals surface area contributed by atoms with Crippen LogP contribution in [0.1, 0.15) is 44.9 Å². The number of carbonyl (C=O) groups is 3. The van der Waals surface area contributed by atoms with Gasteiger partial charge < -0.3 is 20.1 Å². The Morgan fingerprint density at radius 1 is 0.731 bits per heavy atom. The molecule has 0 amide bonds. The molecule has 138 valence electrons. The molecule has 7 nitrogen and oxygen atoms in total. The van der Waals surface area contributed by atoms with E-state index in [2.05, 4.69) is 0 Å². The van der Waals surface area contributed by atoms with Crippen molar-refractivity contribution in [2.45, 2.75) is 13.8 Å². The minimum atomic E-state index is -1.34. The summed E-state index contributed by atoms with van der Waals surface area (Å²) < 4.78 is 4.83. The highest BCUT2D eigenvalue weighted by Gasteiger charge is 2.16. The van der Waals surface area contributed by atoms with Crippen molar-refractivity contribution in [3.63, 3.8) is 0 Å². The summed E-state index contributed by atoms with van der Waals surface area (Å²) in [6.45, 7) is 5.67. The van der Waals surface area contributed by atoms with Gasteiger partial charge in [0.1, 0.15) is 0 Å². The highest BCUT2D eigenvalue weighted by atomic mass is 16.5. The molecule has 0 radical (unpaired) electrons. The minimum Gasteiger partial charge on any atom is -0.478 e. The lowest BCUT2D eigenvalue weighted by Gasteiger charge is -2.06. The van der Waals surface area contributed by atoms with Crippen molar-refractivity contribution in [1.29, 1.82) is 0 Å². The summed E-state index contributed by atoms with van der Waals surface area (Å²) in [7, 11) is 0. The summed E-state index contributed by atoms with van der Waals surface area (Å²) in [5.74, 6) is -3.72. The van der Waals surface area contributed by atoms with Gasteiger partial charge in [0.25, 0.3) is 0 Å². The van der Waals surface area contributed by atoms with Crippen LogP contribution >= 0.6 is 0 Å². The maximum absolute atomic E-state index is 11.1. The van der Waals surface area contributed by atoms with Crippen LogP contribution in [-0.4, -0.2) is 46.4 Å². The number of carboxylic acid groups (broad SMARTS) is 3. The Labute approximate surface area is 150 Å². The Bertz CT molecular complexity index is 777. The molecule has 0 atom stereocenters. The van der Waals surface area contributed by atoms with Gasteiger partial charge in [-0.3, -0.25) is 0 Å². The van der Waals surface area contributed by atoms with Crippen LogP contribution in [0.15, 0.2) is 42.5 Å². The maximum atomic E-state index is 11.1. The highest BCUT2D eigenvalue weighted by Crippen LogP contribution is 2.23. The fourth-order valence-electron chi connectivity index (χ4n) is 2.10. The van der Waals surface area contributed by atoms with Gasteiger partial charge in [-0.15, -0.1) is 0 Å². The average molecular weight is 360 g/mol. The monoisotopic (exact) mass is 360 g/mol. The lowest BCUT2D eigenvalue weighted by molar-refractivity contribution is 0.0651. The molecule has 0 aliphatic heterocycles. The number of hydrogen-bond acceptors (Lipinski definition) is 4. The van der Waals surface area contributed by atoms with E-state index in [0.717, 1.165) is 13.2 Å². The Morgan fingerprint density at radius 3 is 1.62 bits per heavy atom. The second-order valence-electron chi connectivity index (χ2n) is 5.03. The molecule has 0 heterocycles. The van der Waals surface area contributed by atoms with Crippen molar-refractivity contribution in [3.8, 4) is 11.1 Å². The second-order valence-corrected chi connectivity index (χ2v) is 5.03. The van der Waals surface area contributed by atoms with Gasteiger partial charge in [0, 0.05) is 13.2 Å². The first-order valence-electron chi connectivity index (χ1n) is 7.83. The average Bonchev–Trinajstić information content (AvgIpc) is 2.62. The van der Waals surface area contributed by atoms with Gasteiger partial charge in [-0.05, 0) is 49.2 Å². The van der Waals surface area contributed by atoms with Crippen LogP contribution in [0.3, 0.4) is 0 Å². The van der Waals surface area contributed by atoms with Gasteiger partial charge in [0.15, 0.2) is 0 Å². The Balaban J connectivity index is 0.000000597. The van der Waals surface area contributed by atoms with Gasteiger partial charge in [-0.2, -0.15) is 0 Å². The molecular weight excluding hydrogens is 340 g/mol. The van der Waals surface area contributed by atoms with Crippen LogP contribution in [0.5, 0.6) is 0 Å². The van der Waals surface area contributed by atoms with Crippen molar-refractivity contribution in [1.82, 2.24) is 0 Å². The van der Waals surface area contributed by atoms with E-state index in [9.17, 15) is 14.4 Å². The van der Waals surface area contributed by atoms with Gasteiger partial charge in [-0.1, -0.05) is 18.2 Å². The Kier molecular flexibility index (Phi) is 7.98. The van der Waals surface area contributed by atoms with Crippen LogP contribution in [0.2, 0.25) is 0 Å². The quantitative estimate of drug-likeness (QED) is 0.721. The van der Waals surface area contributed by atoms with Gasteiger partial charge >= 0.3 is 17.9 Å². The molecule has 7 heteroatoms. The molecule has 2 rings (SSSR count). The van der Waals surface area contributed by atoms with Crippen molar-refractivity contribution in [2.24, 2.45) is 0 Å². The zero-order chi connectivity index (χ0) is 19.7. The molecule has 2 aromatic carbocycles. The number of aromatic carboxylic acids is 3. The van der Waals surface area contributed by atoms with E-state index in [4.69, 9.17) is 20.1 Å². The Morgan fingerprint density at radius 2 is 1.23 bits per heavy atom. The number of carboxylic acids is 3. The topological polar surface area (TPSA) is 121 Å². The van der Waals surface area contributed by atoms with Crippen LogP contribution in [0, 0.1) is 0 Å². The molecule has 0 aliphatic carbocycles. The normalized spacial score (nSPS) is 9.77. The van der Waals surface area contributed by atoms with Crippen molar-refractivity contribution in [2.75, 3.05) is 13.2 Å². The van der Waals surface area contributed by atoms with Crippen LogP contribution < -0.4 is 0 Å². The molecule has 26 heavy (non-hydrogen) atoms. The molecule has 0 aliphatic rings. The Hall–Kier alpha value is -3.19. The summed E-state index contributed by atoms with van der Waals surface area (Å²) in [5.41, 5.74) is 0.587. The predicted octanol–water partition coefficient (Wildman–Crippen LogP) is 3.49. The molecule has 0 saturated carbocycles. The van der Waals surface area contributed by atoms with E-state index < -0.39 is 17.9 Å². The van der Waals surface area contributed by atoms with Crippen molar-refractivity contribution < 1.29 is 34.4 Å². The first-order chi connectivity index (χ1) is 12.3. The summed E-state index contributed by atoms with van der Waals surface area (Å²) in [6, 6.07) is 9.79. The number of rotatable bonds is 6. The number of benzene rings is 2.